The molecule has 0 aliphatic carbocycles. The Morgan fingerprint density at radius 3 is 2.50 bits per heavy atom. The molecule has 3 rings (SSSR count). The number of amides is 3. The molecule has 2 aliphatic heterocycles. The Labute approximate surface area is 139 Å². The Kier molecular flexibility index (Phi) is 4.28. The summed E-state index contributed by atoms with van der Waals surface area (Å²) in [6, 6.07) is 7.44. The number of rotatable bonds is 4. The third-order valence-electron chi connectivity index (χ3n) is 4.11. The molecule has 1 aromatic rings. The molecule has 2 fully saturated rings. The van der Waals surface area contributed by atoms with E-state index in [1.165, 1.54) is 11.8 Å². The Balaban J connectivity index is 1.64. The average Bonchev–Trinajstić information content (AvgIpc) is 3.08. The van der Waals surface area contributed by atoms with Gasteiger partial charge in [0.15, 0.2) is 0 Å². The Hall–Kier alpha value is -2.77. The van der Waals surface area contributed by atoms with E-state index < -0.39 is 6.09 Å². The average molecular weight is 332 g/mol. The molecule has 2 saturated heterocycles. The van der Waals surface area contributed by atoms with E-state index in [0.717, 1.165) is 11.4 Å². The van der Waals surface area contributed by atoms with Crippen LogP contribution in [0.2, 0.25) is 0 Å². The highest BCUT2D eigenvalue weighted by Gasteiger charge is 2.32. The number of cyclic esters (lactones) is 1. The molecule has 0 spiro atoms. The Morgan fingerprint density at radius 1 is 1.25 bits per heavy atom. The van der Waals surface area contributed by atoms with Crippen molar-refractivity contribution in [2.45, 2.75) is 13.0 Å². The second-order valence-corrected chi connectivity index (χ2v) is 6.00. The molecule has 0 saturated carbocycles. The number of likely N-dealkylation sites (N-methyl/N-ethyl adjacent to an activating group) is 1. The van der Waals surface area contributed by atoms with Gasteiger partial charge in [0.2, 0.25) is 11.8 Å². The first-order valence-electron chi connectivity index (χ1n) is 7.75. The van der Waals surface area contributed by atoms with Gasteiger partial charge >= 0.3 is 6.09 Å². The maximum atomic E-state index is 12.0. The summed E-state index contributed by atoms with van der Waals surface area (Å²) < 4.78 is 5.25. The fourth-order valence-electron chi connectivity index (χ4n) is 2.78. The van der Waals surface area contributed by atoms with Crippen molar-refractivity contribution in [1.82, 2.24) is 10.2 Å². The van der Waals surface area contributed by atoms with Crippen molar-refractivity contribution in [3.63, 3.8) is 0 Å². The molecule has 1 N–H and O–H groups in total. The van der Waals surface area contributed by atoms with Gasteiger partial charge in [-0.1, -0.05) is 0 Å². The van der Waals surface area contributed by atoms with Gasteiger partial charge in [-0.15, -0.1) is 0 Å². The lowest BCUT2D eigenvalue weighted by Gasteiger charge is -2.19. The molecule has 24 heavy (non-hydrogen) atoms. The summed E-state index contributed by atoms with van der Waals surface area (Å²) in [6.07, 6.45) is -0.778. The molecular weight excluding hydrogens is 312 g/mol. The lowest BCUT2D eigenvalue weighted by Crippen LogP contribution is -2.33. The van der Waals surface area contributed by atoms with Gasteiger partial charge in [-0.25, -0.2) is 4.79 Å². The third kappa shape index (κ3) is 3.27. The van der Waals surface area contributed by atoms with Gasteiger partial charge in [-0.3, -0.25) is 14.5 Å². The molecule has 8 nitrogen and oxygen atoms in total. The van der Waals surface area contributed by atoms with Crippen LogP contribution in [0, 0.1) is 0 Å². The first kappa shape index (κ1) is 16.1. The number of hydrogen-bond donors (Lipinski definition) is 1. The lowest BCUT2D eigenvalue weighted by atomic mass is 10.2. The monoisotopic (exact) mass is 332 g/mol. The van der Waals surface area contributed by atoms with Crippen molar-refractivity contribution in [2.75, 3.05) is 43.2 Å². The molecule has 0 bridgehead atoms. The van der Waals surface area contributed by atoms with Crippen LogP contribution >= 0.6 is 0 Å². The van der Waals surface area contributed by atoms with Crippen LogP contribution in [0.5, 0.6) is 0 Å². The number of anilines is 2. The predicted molar refractivity (Wildman–Crippen MR) is 87.7 cm³/mol. The molecule has 128 valence electrons. The highest BCUT2D eigenvalue weighted by atomic mass is 16.6. The molecule has 8 heteroatoms. The van der Waals surface area contributed by atoms with Crippen LogP contribution in [-0.2, 0) is 14.3 Å². The minimum Gasteiger partial charge on any atom is -0.442 e. The van der Waals surface area contributed by atoms with Gasteiger partial charge in [-0.05, 0) is 24.3 Å². The van der Waals surface area contributed by atoms with Gasteiger partial charge in [0, 0.05) is 25.3 Å². The third-order valence-corrected chi connectivity index (χ3v) is 4.11. The molecule has 1 atom stereocenters. The first-order chi connectivity index (χ1) is 11.4. The second kappa shape index (κ2) is 6.38. The summed E-state index contributed by atoms with van der Waals surface area (Å²) in [5.74, 6) is -0.0676. The lowest BCUT2D eigenvalue weighted by molar-refractivity contribution is -0.125. The van der Waals surface area contributed by atoms with Gasteiger partial charge < -0.3 is 19.9 Å². The molecule has 0 unspecified atom stereocenters. The fraction of sp³-hybridized carbons (Fsp3) is 0.438. The number of nitrogens with zero attached hydrogens (tertiary/aromatic N) is 3. The van der Waals surface area contributed by atoms with Crippen molar-refractivity contribution in [1.29, 1.82) is 0 Å². The number of nitrogens with one attached hydrogen (secondary N) is 1. The van der Waals surface area contributed by atoms with Crippen LogP contribution in [0.25, 0.3) is 0 Å². The minimum absolute atomic E-state index is 0.0861. The zero-order valence-corrected chi connectivity index (χ0v) is 13.7. The van der Waals surface area contributed by atoms with Gasteiger partial charge in [0.05, 0.1) is 26.3 Å². The van der Waals surface area contributed by atoms with E-state index in [1.807, 2.05) is 29.2 Å². The van der Waals surface area contributed by atoms with Crippen molar-refractivity contribution in [3.8, 4) is 0 Å². The number of ether oxygens (including phenoxy) is 1. The zero-order valence-electron chi connectivity index (χ0n) is 13.7. The van der Waals surface area contributed by atoms with Crippen molar-refractivity contribution in [3.05, 3.63) is 24.3 Å². The van der Waals surface area contributed by atoms with Gasteiger partial charge in [-0.2, -0.15) is 0 Å². The van der Waals surface area contributed by atoms with Crippen LogP contribution in [-0.4, -0.2) is 62.3 Å². The summed E-state index contributed by atoms with van der Waals surface area (Å²) in [4.78, 5) is 39.7. The maximum absolute atomic E-state index is 12.0. The van der Waals surface area contributed by atoms with Gasteiger partial charge in [0.25, 0.3) is 0 Å². The van der Waals surface area contributed by atoms with Crippen LogP contribution in [0.15, 0.2) is 24.3 Å². The number of carbonyl (C=O) groups excluding carboxylic acids is 3. The molecule has 1 aromatic carbocycles. The minimum atomic E-state index is -0.422. The summed E-state index contributed by atoms with van der Waals surface area (Å²) in [6.45, 7) is 3.04. The van der Waals surface area contributed by atoms with E-state index in [9.17, 15) is 14.4 Å². The normalized spacial score (nSPS) is 20.6. The zero-order chi connectivity index (χ0) is 17.3. The highest BCUT2D eigenvalue weighted by molar-refractivity contribution is 5.90. The van der Waals surface area contributed by atoms with Crippen LogP contribution in [0.3, 0.4) is 0 Å². The van der Waals surface area contributed by atoms with Crippen LogP contribution < -0.4 is 15.1 Å². The van der Waals surface area contributed by atoms with E-state index in [0.29, 0.717) is 26.3 Å². The molecule has 2 heterocycles. The highest BCUT2D eigenvalue weighted by Crippen LogP contribution is 2.26. The first-order valence-corrected chi connectivity index (χ1v) is 7.75. The smallest absolute Gasteiger partial charge is 0.414 e. The van der Waals surface area contributed by atoms with E-state index in [1.54, 1.807) is 11.9 Å². The summed E-state index contributed by atoms with van der Waals surface area (Å²) in [5.41, 5.74) is 1.66. The van der Waals surface area contributed by atoms with Gasteiger partial charge in [0.1, 0.15) is 6.10 Å². The van der Waals surface area contributed by atoms with E-state index in [4.69, 9.17) is 4.74 Å². The summed E-state index contributed by atoms with van der Waals surface area (Å²) in [7, 11) is 1.77. The van der Waals surface area contributed by atoms with Crippen molar-refractivity contribution in [2.24, 2.45) is 0 Å². The molecular formula is C16H20N4O4. The maximum Gasteiger partial charge on any atom is 0.414 e. The number of hydrogen-bond acceptors (Lipinski definition) is 5. The summed E-state index contributed by atoms with van der Waals surface area (Å²) >= 11 is 0. The molecule has 2 aliphatic rings. The SMILES string of the molecule is CC(=O)NC[C@H]1CN(c2ccc(N3CC(=O)N(C)C3)cc2)C(=O)O1. The predicted octanol–water partition coefficient (Wildman–Crippen LogP) is 0.384. The largest absolute Gasteiger partial charge is 0.442 e. The number of benzene rings is 1. The molecule has 0 aromatic heterocycles. The quantitative estimate of drug-likeness (QED) is 0.862. The molecule has 0 radical (unpaired) electrons. The summed E-state index contributed by atoms with van der Waals surface area (Å²) in [5, 5.41) is 2.65. The van der Waals surface area contributed by atoms with Crippen LogP contribution in [0.4, 0.5) is 16.2 Å². The number of carbonyl (C=O) groups is 3. The Bertz CT molecular complexity index is 661. The van der Waals surface area contributed by atoms with E-state index in [-0.39, 0.29) is 17.9 Å². The van der Waals surface area contributed by atoms with E-state index >= 15 is 0 Å². The molecule has 3 amide bonds. The topological polar surface area (TPSA) is 82.2 Å². The van der Waals surface area contributed by atoms with Crippen LogP contribution in [0.1, 0.15) is 6.92 Å². The standard InChI is InChI=1S/C16H20N4O4/c1-11(21)17-7-14-8-20(16(23)24-14)13-5-3-12(4-6-13)19-9-15(22)18(2)10-19/h3-6,14H,7-10H2,1-2H3,(H,17,21)/t14-/m0/s1. The Morgan fingerprint density at radius 2 is 1.92 bits per heavy atom. The van der Waals surface area contributed by atoms with E-state index in [2.05, 4.69) is 5.32 Å². The van der Waals surface area contributed by atoms with Crippen molar-refractivity contribution >= 4 is 29.3 Å². The fourth-order valence-corrected chi connectivity index (χ4v) is 2.78. The van der Waals surface area contributed by atoms with Crippen molar-refractivity contribution < 1.29 is 19.1 Å². The second-order valence-electron chi connectivity index (χ2n) is 6.00.